The van der Waals surface area contributed by atoms with Gasteiger partial charge in [-0.05, 0) is 36.6 Å². The Morgan fingerprint density at radius 2 is 2.30 bits per heavy atom. The molecule has 0 saturated carbocycles. The number of aromatic amines is 1. The minimum absolute atomic E-state index is 0. The van der Waals surface area contributed by atoms with E-state index >= 15 is 0 Å². The number of aromatic nitrogens is 1. The number of hydrogen-bond acceptors (Lipinski definition) is 5. The molecule has 2 aromatic rings. The molecule has 110 valence electrons. The number of nitrogens with one attached hydrogen (secondary N) is 2. The van der Waals surface area contributed by atoms with E-state index in [4.69, 9.17) is 10.2 Å². The van der Waals surface area contributed by atoms with E-state index in [2.05, 4.69) is 10.3 Å². The van der Waals surface area contributed by atoms with Gasteiger partial charge in [-0.15, -0.1) is 12.4 Å². The first-order chi connectivity index (χ1) is 9.10. The van der Waals surface area contributed by atoms with E-state index in [0.29, 0.717) is 23.2 Å². The van der Waals surface area contributed by atoms with Gasteiger partial charge in [0.2, 0.25) is 5.91 Å². The maximum atomic E-state index is 11.8. The molecule has 0 spiro atoms. The number of rotatable bonds is 5. The summed E-state index contributed by atoms with van der Waals surface area (Å²) in [4.78, 5) is 25.4. The molecule has 4 N–H and O–H groups in total. The number of H-pyrrole nitrogens is 1. The van der Waals surface area contributed by atoms with E-state index in [1.165, 1.54) is 0 Å². The lowest BCUT2D eigenvalue weighted by Crippen LogP contribution is -2.36. The molecule has 0 bridgehead atoms. The number of hydrogen-bond donors (Lipinski definition) is 3. The van der Waals surface area contributed by atoms with E-state index in [9.17, 15) is 9.59 Å². The second-order valence-corrected chi connectivity index (χ2v) is 5.09. The quantitative estimate of drug-likeness (QED) is 0.777. The Hall–Kier alpha value is -1.44. The van der Waals surface area contributed by atoms with Crippen LogP contribution in [0.15, 0.2) is 27.4 Å². The van der Waals surface area contributed by atoms with Crippen molar-refractivity contribution in [2.45, 2.75) is 12.5 Å². The van der Waals surface area contributed by atoms with Crippen LogP contribution in [0.5, 0.6) is 0 Å². The van der Waals surface area contributed by atoms with Crippen molar-refractivity contribution < 1.29 is 9.21 Å². The number of carbonyl (C=O) groups is 1. The summed E-state index contributed by atoms with van der Waals surface area (Å²) in [5, 5.41) is 2.72. The molecule has 0 aliphatic rings. The Bertz CT molecular complexity index is 640. The second kappa shape index (κ2) is 7.37. The van der Waals surface area contributed by atoms with Gasteiger partial charge in [-0.3, -0.25) is 9.78 Å². The Morgan fingerprint density at radius 1 is 1.55 bits per heavy atom. The normalized spacial score (nSPS) is 11.9. The van der Waals surface area contributed by atoms with Crippen LogP contribution in [-0.4, -0.2) is 28.9 Å². The molecule has 0 saturated heterocycles. The highest BCUT2D eigenvalue weighted by Crippen LogP contribution is 2.16. The Kier molecular flexibility index (Phi) is 6.12. The summed E-state index contributed by atoms with van der Waals surface area (Å²) in [6.07, 6.45) is 2.59. The summed E-state index contributed by atoms with van der Waals surface area (Å²) >= 11 is 1.65. The van der Waals surface area contributed by atoms with Crippen LogP contribution in [0, 0.1) is 0 Å². The number of oxazole rings is 1. The number of amides is 1. The van der Waals surface area contributed by atoms with Gasteiger partial charge in [0.25, 0.3) is 0 Å². The number of anilines is 1. The standard InChI is InChI=1S/C12H15N3O3S.ClH/c1-19-5-4-8(13)11(16)14-7-2-3-10-9(6-7)15-12(17)18-10;/h2-3,6,8H,4-5,13H2,1H3,(H,14,16)(H,15,17);1H. The fourth-order valence-electron chi connectivity index (χ4n) is 1.64. The fourth-order valence-corrected chi connectivity index (χ4v) is 2.13. The lowest BCUT2D eigenvalue weighted by molar-refractivity contribution is -0.117. The molecule has 0 aliphatic carbocycles. The van der Waals surface area contributed by atoms with Crippen molar-refractivity contribution in [3.8, 4) is 0 Å². The number of thioether (sulfide) groups is 1. The minimum Gasteiger partial charge on any atom is -0.408 e. The first kappa shape index (κ1) is 16.6. The average Bonchev–Trinajstić information content (AvgIpc) is 2.75. The zero-order valence-electron chi connectivity index (χ0n) is 10.8. The second-order valence-electron chi connectivity index (χ2n) is 4.10. The van der Waals surface area contributed by atoms with Gasteiger partial charge in [0, 0.05) is 5.69 Å². The van der Waals surface area contributed by atoms with Crippen LogP contribution in [0.25, 0.3) is 11.1 Å². The first-order valence-electron chi connectivity index (χ1n) is 5.78. The molecule has 1 atom stereocenters. The molecule has 20 heavy (non-hydrogen) atoms. The van der Waals surface area contributed by atoms with E-state index in [0.717, 1.165) is 5.75 Å². The summed E-state index contributed by atoms with van der Waals surface area (Å²) in [5.74, 6) is 0.0808. The third kappa shape index (κ3) is 4.03. The van der Waals surface area contributed by atoms with Crippen LogP contribution in [0.4, 0.5) is 5.69 Å². The van der Waals surface area contributed by atoms with Gasteiger partial charge in [-0.1, -0.05) is 0 Å². The molecule has 1 aromatic carbocycles. The molecule has 8 heteroatoms. The number of benzene rings is 1. The SMILES string of the molecule is CSCCC(N)C(=O)Nc1ccc2oc(=O)[nH]c2c1.Cl. The Labute approximate surface area is 125 Å². The van der Waals surface area contributed by atoms with E-state index in [-0.39, 0.29) is 18.3 Å². The highest BCUT2D eigenvalue weighted by atomic mass is 35.5. The summed E-state index contributed by atoms with van der Waals surface area (Å²) in [6, 6.07) is 4.39. The largest absolute Gasteiger partial charge is 0.417 e. The van der Waals surface area contributed by atoms with Crippen molar-refractivity contribution in [1.29, 1.82) is 0 Å². The van der Waals surface area contributed by atoms with Crippen LogP contribution >= 0.6 is 24.2 Å². The Balaban J connectivity index is 0.00000200. The molecule has 0 radical (unpaired) electrons. The van der Waals surface area contributed by atoms with Gasteiger partial charge >= 0.3 is 5.76 Å². The molecule has 1 amide bonds. The summed E-state index contributed by atoms with van der Waals surface area (Å²) in [6.45, 7) is 0. The van der Waals surface area contributed by atoms with Crippen LogP contribution in [0.1, 0.15) is 6.42 Å². The molecule has 1 unspecified atom stereocenters. The van der Waals surface area contributed by atoms with Gasteiger partial charge in [0.05, 0.1) is 11.6 Å². The molecule has 0 aliphatic heterocycles. The maximum absolute atomic E-state index is 11.8. The van der Waals surface area contributed by atoms with Crippen LogP contribution < -0.4 is 16.8 Å². The summed E-state index contributed by atoms with van der Waals surface area (Å²) in [5.41, 5.74) is 7.34. The smallest absolute Gasteiger partial charge is 0.408 e. The topological polar surface area (TPSA) is 101 Å². The zero-order valence-corrected chi connectivity index (χ0v) is 12.5. The van der Waals surface area contributed by atoms with Gasteiger partial charge in [0.15, 0.2) is 5.58 Å². The van der Waals surface area contributed by atoms with Crippen molar-refractivity contribution in [2.24, 2.45) is 5.73 Å². The molecule has 0 fully saturated rings. The van der Waals surface area contributed by atoms with Crippen LogP contribution in [0.3, 0.4) is 0 Å². The molecular weight excluding hydrogens is 302 g/mol. The third-order valence-electron chi connectivity index (χ3n) is 2.66. The van der Waals surface area contributed by atoms with Crippen molar-refractivity contribution in [3.63, 3.8) is 0 Å². The molecule has 2 rings (SSSR count). The van der Waals surface area contributed by atoms with Crippen LogP contribution in [0.2, 0.25) is 0 Å². The summed E-state index contributed by atoms with van der Waals surface area (Å²) < 4.78 is 4.88. The van der Waals surface area contributed by atoms with Crippen molar-refractivity contribution in [1.82, 2.24) is 4.98 Å². The molecule has 1 aromatic heterocycles. The summed E-state index contributed by atoms with van der Waals surface area (Å²) in [7, 11) is 0. The predicted octanol–water partition coefficient (Wildman–Crippen LogP) is 1.56. The van der Waals surface area contributed by atoms with Gasteiger partial charge < -0.3 is 15.5 Å². The van der Waals surface area contributed by atoms with E-state index in [1.54, 1.807) is 30.0 Å². The monoisotopic (exact) mass is 317 g/mol. The molecular formula is C12H16ClN3O3S. The van der Waals surface area contributed by atoms with Crippen molar-refractivity contribution >= 4 is 46.9 Å². The van der Waals surface area contributed by atoms with Gasteiger partial charge in [-0.2, -0.15) is 11.8 Å². The number of carbonyl (C=O) groups excluding carboxylic acids is 1. The maximum Gasteiger partial charge on any atom is 0.417 e. The van der Waals surface area contributed by atoms with E-state index in [1.807, 2.05) is 6.26 Å². The number of nitrogens with two attached hydrogens (primary N) is 1. The van der Waals surface area contributed by atoms with Crippen molar-refractivity contribution in [2.75, 3.05) is 17.3 Å². The number of fused-ring (bicyclic) bond motifs is 1. The number of halogens is 1. The zero-order chi connectivity index (χ0) is 13.8. The highest BCUT2D eigenvalue weighted by Gasteiger charge is 2.13. The molecule has 1 heterocycles. The Morgan fingerprint density at radius 3 is 3.00 bits per heavy atom. The van der Waals surface area contributed by atoms with Gasteiger partial charge in [0.1, 0.15) is 0 Å². The highest BCUT2D eigenvalue weighted by molar-refractivity contribution is 7.98. The first-order valence-corrected chi connectivity index (χ1v) is 7.18. The third-order valence-corrected chi connectivity index (χ3v) is 3.30. The van der Waals surface area contributed by atoms with Crippen molar-refractivity contribution in [3.05, 3.63) is 28.7 Å². The van der Waals surface area contributed by atoms with E-state index < -0.39 is 11.8 Å². The van der Waals surface area contributed by atoms with Gasteiger partial charge in [-0.25, -0.2) is 4.79 Å². The predicted molar refractivity (Wildman–Crippen MR) is 83.7 cm³/mol. The molecule has 6 nitrogen and oxygen atoms in total. The minimum atomic E-state index is -0.536. The lowest BCUT2D eigenvalue weighted by atomic mass is 10.2. The lowest BCUT2D eigenvalue weighted by Gasteiger charge is -2.11. The average molecular weight is 318 g/mol. The van der Waals surface area contributed by atoms with Crippen LogP contribution in [-0.2, 0) is 4.79 Å². The fraction of sp³-hybridized carbons (Fsp3) is 0.333.